The topological polar surface area (TPSA) is 113 Å². The summed E-state index contributed by atoms with van der Waals surface area (Å²) in [5.74, 6) is 7.16. The maximum Gasteiger partial charge on any atom is 0.305 e. The third-order valence-corrected chi connectivity index (χ3v) is 15.9. The molecule has 0 aliphatic heterocycles. The first-order valence-electron chi connectivity index (χ1n) is 29.2. The van der Waals surface area contributed by atoms with Crippen LogP contribution in [0.15, 0.2) is 0 Å². The van der Waals surface area contributed by atoms with Gasteiger partial charge in [-0.1, -0.05) is 106 Å². The Kier molecular flexibility index (Phi) is 34.4. The Morgan fingerprint density at radius 3 is 1.50 bits per heavy atom. The summed E-state index contributed by atoms with van der Waals surface area (Å²) < 4.78 is 36.0. The normalized spacial score (nSPS) is 23.0. The zero-order chi connectivity index (χ0) is 49.2. The quantitative estimate of drug-likeness (QED) is 0.0359. The van der Waals surface area contributed by atoms with E-state index in [4.69, 9.17) is 28.4 Å². The van der Waals surface area contributed by atoms with E-state index in [1.165, 1.54) is 57.8 Å². The number of aliphatic hydroxyl groups is 1. The second-order valence-electron chi connectivity index (χ2n) is 22.3. The second kappa shape index (κ2) is 38.3. The Hall–Kier alpha value is -1.30. The van der Waals surface area contributed by atoms with Crippen LogP contribution in [0.4, 0.5) is 0 Å². The van der Waals surface area contributed by atoms with Crippen molar-refractivity contribution in [3.05, 3.63) is 0 Å². The van der Waals surface area contributed by atoms with Gasteiger partial charge < -0.3 is 38.4 Å². The molecule has 400 valence electrons. The van der Waals surface area contributed by atoms with Gasteiger partial charge in [0.1, 0.15) is 0 Å². The number of hydrogen-bond acceptors (Lipinski definition) is 10. The fourth-order valence-corrected chi connectivity index (χ4v) is 10.1. The van der Waals surface area contributed by atoms with Gasteiger partial charge in [-0.05, 0) is 169 Å². The molecule has 0 bridgehead atoms. The van der Waals surface area contributed by atoms with Gasteiger partial charge in [0.25, 0.3) is 0 Å². The monoisotopic (exact) mass is 964 g/mol. The van der Waals surface area contributed by atoms with Crippen LogP contribution in [0.1, 0.15) is 228 Å². The molecule has 1 N–H and O–H groups in total. The zero-order valence-corrected chi connectivity index (χ0v) is 45.4. The third-order valence-electron chi connectivity index (χ3n) is 15.9. The average molecular weight is 965 g/mol. The van der Waals surface area contributed by atoms with Crippen LogP contribution in [-0.4, -0.2) is 100 Å². The van der Waals surface area contributed by atoms with Crippen molar-refractivity contribution in [2.75, 3.05) is 65.9 Å². The lowest BCUT2D eigenvalue weighted by molar-refractivity contribution is -0.161. The molecule has 0 spiro atoms. The van der Waals surface area contributed by atoms with Gasteiger partial charge in [0.2, 0.25) is 0 Å². The average Bonchev–Trinajstić information content (AvgIpc) is 4.28. The number of rotatable bonds is 49. The highest BCUT2D eigenvalue weighted by Gasteiger charge is 2.44. The molecule has 0 saturated heterocycles. The van der Waals surface area contributed by atoms with E-state index in [2.05, 4.69) is 53.4 Å². The highest BCUT2D eigenvalue weighted by molar-refractivity contribution is 5.69. The summed E-state index contributed by atoms with van der Waals surface area (Å²) in [6.45, 7) is 23.0. The Labute approximate surface area is 418 Å². The molecule has 10 heteroatoms. The predicted molar refractivity (Wildman–Crippen MR) is 277 cm³/mol. The molecule has 0 aromatic carbocycles. The summed E-state index contributed by atoms with van der Waals surface area (Å²) in [4.78, 5) is 27.9. The van der Waals surface area contributed by atoms with Crippen LogP contribution < -0.4 is 0 Å². The standard InChI is InChI=1S/C58H109NO9/c1-8-21-47(5)29-39-66-57(65-38-28-46(4)9-2)26-24-55(61)63-36-19-13-11-15-32-59(34-17-18-35-60)33-16-12-14-20-37-64-56(62)25-27-58(67-40-30-48(6)22-23-51-42-49(51)7)68-41-31-52-44-54(52)45-53-43-50(53)10-3/h46-54,57-58,60H,8-45H2,1-7H3. The van der Waals surface area contributed by atoms with Gasteiger partial charge in [-0.25, -0.2) is 0 Å². The fraction of sp³-hybridized carbons (Fsp3) is 0.966. The highest BCUT2D eigenvalue weighted by atomic mass is 16.7. The molecule has 0 amide bonds. The van der Waals surface area contributed by atoms with E-state index in [0.29, 0.717) is 76.5 Å². The van der Waals surface area contributed by atoms with Gasteiger partial charge in [-0.15, -0.1) is 0 Å². The number of ether oxygens (including phenoxy) is 6. The van der Waals surface area contributed by atoms with Gasteiger partial charge >= 0.3 is 11.9 Å². The van der Waals surface area contributed by atoms with Crippen molar-refractivity contribution in [3.63, 3.8) is 0 Å². The molecular formula is C58H109NO9. The first kappa shape index (κ1) is 61.0. The first-order chi connectivity index (χ1) is 33.0. The van der Waals surface area contributed by atoms with E-state index in [0.717, 1.165) is 158 Å². The lowest BCUT2D eigenvalue weighted by Crippen LogP contribution is -2.27. The number of aliphatic hydroxyl groups excluding tert-OH is 1. The van der Waals surface area contributed by atoms with Crippen molar-refractivity contribution >= 4 is 11.9 Å². The SMILES string of the molecule is CCCC(C)CCOC(CCC(=O)OCCCCCCN(CCCCO)CCCCCCOC(=O)CCC(OCCC(C)CCC1CC1C)OCCC1CC1CC1CC1CC)OCCC(C)CC. The molecule has 0 heterocycles. The van der Waals surface area contributed by atoms with Crippen molar-refractivity contribution in [2.45, 2.75) is 241 Å². The summed E-state index contributed by atoms with van der Waals surface area (Å²) >= 11 is 0. The number of hydrogen-bond donors (Lipinski definition) is 1. The van der Waals surface area contributed by atoms with Gasteiger partial charge in [-0.3, -0.25) is 9.59 Å². The van der Waals surface area contributed by atoms with E-state index < -0.39 is 0 Å². The van der Waals surface area contributed by atoms with Crippen LogP contribution in [0.2, 0.25) is 0 Å². The molecule has 0 radical (unpaired) electrons. The molecular weight excluding hydrogens is 855 g/mol. The molecule has 3 aliphatic rings. The van der Waals surface area contributed by atoms with Gasteiger partial charge in [0, 0.05) is 39.3 Å². The third kappa shape index (κ3) is 31.2. The number of unbranched alkanes of at least 4 members (excludes halogenated alkanes) is 7. The molecule has 11 unspecified atom stereocenters. The molecule has 3 saturated carbocycles. The molecule has 11 atom stereocenters. The van der Waals surface area contributed by atoms with E-state index in [1.54, 1.807) is 0 Å². The highest BCUT2D eigenvalue weighted by Crippen LogP contribution is 2.53. The van der Waals surface area contributed by atoms with Crippen LogP contribution in [0.25, 0.3) is 0 Å². The Bertz CT molecular complexity index is 1240. The van der Waals surface area contributed by atoms with Crippen LogP contribution in [0.3, 0.4) is 0 Å². The Morgan fingerprint density at radius 1 is 0.515 bits per heavy atom. The number of nitrogens with zero attached hydrogens (tertiary/aromatic N) is 1. The summed E-state index contributed by atoms with van der Waals surface area (Å²) in [5, 5.41) is 9.38. The molecule has 0 aromatic rings. The van der Waals surface area contributed by atoms with E-state index in [1.807, 2.05) is 0 Å². The maximum atomic E-state index is 12.8. The lowest BCUT2D eigenvalue weighted by atomic mass is 10.00. The van der Waals surface area contributed by atoms with E-state index in [9.17, 15) is 14.7 Å². The maximum absolute atomic E-state index is 12.8. The minimum absolute atomic E-state index is 0.144. The lowest BCUT2D eigenvalue weighted by Gasteiger charge is -2.22. The molecule has 0 aromatic heterocycles. The molecule has 3 aliphatic carbocycles. The zero-order valence-electron chi connectivity index (χ0n) is 45.4. The summed E-state index contributed by atoms with van der Waals surface area (Å²) in [6, 6.07) is 0. The van der Waals surface area contributed by atoms with Crippen molar-refractivity contribution in [1.82, 2.24) is 4.90 Å². The predicted octanol–water partition coefficient (Wildman–Crippen LogP) is 13.7. The minimum Gasteiger partial charge on any atom is -0.466 e. The molecule has 3 rings (SSSR count). The summed E-state index contributed by atoms with van der Waals surface area (Å²) in [6.07, 6.45) is 28.5. The van der Waals surface area contributed by atoms with Crippen LogP contribution in [-0.2, 0) is 38.0 Å². The van der Waals surface area contributed by atoms with E-state index in [-0.39, 0.29) is 31.1 Å². The van der Waals surface area contributed by atoms with Gasteiger partial charge in [-0.2, -0.15) is 0 Å². The van der Waals surface area contributed by atoms with Crippen LogP contribution in [0.5, 0.6) is 0 Å². The summed E-state index contributed by atoms with van der Waals surface area (Å²) in [7, 11) is 0. The number of carbonyl (C=O) groups is 2. The second-order valence-corrected chi connectivity index (χ2v) is 22.3. The largest absolute Gasteiger partial charge is 0.466 e. The van der Waals surface area contributed by atoms with Crippen molar-refractivity contribution in [2.24, 2.45) is 53.3 Å². The molecule has 68 heavy (non-hydrogen) atoms. The summed E-state index contributed by atoms with van der Waals surface area (Å²) in [5.41, 5.74) is 0. The number of carbonyl (C=O) groups excluding carboxylic acids is 2. The minimum atomic E-state index is -0.352. The van der Waals surface area contributed by atoms with E-state index >= 15 is 0 Å². The van der Waals surface area contributed by atoms with Gasteiger partial charge in [0.05, 0.1) is 32.7 Å². The van der Waals surface area contributed by atoms with Crippen LogP contribution in [0, 0.1) is 53.3 Å². The first-order valence-corrected chi connectivity index (χ1v) is 29.2. The van der Waals surface area contributed by atoms with Crippen LogP contribution >= 0.6 is 0 Å². The van der Waals surface area contributed by atoms with Crippen molar-refractivity contribution in [3.8, 4) is 0 Å². The molecule has 3 fully saturated rings. The number of esters is 2. The Balaban J connectivity index is 1.22. The van der Waals surface area contributed by atoms with Crippen molar-refractivity contribution < 1.29 is 43.1 Å². The smallest absolute Gasteiger partial charge is 0.305 e. The van der Waals surface area contributed by atoms with Crippen molar-refractivity contribution in [1.29, 1.82) is 0 Å². The fourth-order valence-electron chi connectivity index (χ4n) is 10.1. The molecule has 10 nitrogen and oxygen atoms in total. The Morgan fingerprint density at radius 2 is 1.00 bits per heavy atom. The van der Waals surface area contributed by atoms with Gasteiger partial charge in [0.15, 0.2) is 12.6 Å².